The Balaban J connectivity index is 1.95. The topological polar surface area (TPSA) is 36.1 Å². The number of carbonyl (C=O) groups excluding carboxylic acids is 1. The largest absolute Gasteiger partial charge is 0.351 e. The molecule has 2 aromatic rings. The number of aromatic amines is 1. The summed E-state index contributed by atoms with van der Waals surface area (Å²) in [4.78, 5) is 17.6. The van der Waals surface area contributed by atoms with Gasteiger partial charge in [0, 0.05) is 23.5 Å². The average molecular weight is 242 g/mol. The lowest BCUT2D eigenvalue weighted by atomic mass is 10.2. The zero-order valence-electron chi connectivity index (χ0n) is 10.9. The van der Waals surface area contributed by atoms with Crippen molar-refractivity contribution in [1.82, 2.24) is 9.88 Å². The van der Waals surface area contributed by atoms with Gasteiger partial charge in [-0.3, -0.25) is 4.79 Å². The Hall–Kier alpha value is -1.77. The minimum atomic E-state index is 0.133. The van der Waals surface area contributed by atoms with Crippen molar-refractivity contribution in [3.05, 3.63) is 35.5 Å². The molecule has 1 aliphatic rings. The van der Waals surface area contributed by atoms with Crippen LogP contribution in [-0.4, -0.2) is 28.4 Å². The van der Waals surface area contributed by atoms with Crippen LogP contribution in [0, 0.1) is 6.92 Å². The van der Waals surface area contributed by atoms with Crippen LogP contribution in [0.3, 0.4) is 0 Å². The highest BCUT2D eigenvalue weighted by Gasteiger charge is 2.32. The third kappa shape index (κ3) is 1.90. The van der Waals surface area contributed by atoms with Crippen LogP contribution in [0.25, 0.3) is 10.9 Å². The van der Waals surface area contributed by atoms with Crippen LogP contribution in [0.2, 0.25) is 0 Å². The van der Waals surface area contributed by atoms with Crippen LogP contribution < -0.4 is 0 Å². The van der Waals surface area contributed by atoms with E-state index in [9.17, 15) is 4.79 Å². The molecule has 1 N–H and O–H groups in total. The highest BCUT2D eigenvalue weighted by molar-refractivity contribution is 5.98. The van der Waals surface area contributed by atoms with Crippen molar-refractivity contribution >= 4 is 16.8 Å². The van der Waals surface area contributed by atoms with E-state index in [1.54, 1.807) is 0 Å². The van der Waals surface area contributed by atoms with E-state index in [0.717, 1.165) is 30.3 Å². The lowest BCUT2D eigenvalue weighted by molar-refractivity contribution is 0.0747. The van der Waals surface area contributed by atoms with Gasteiger partial charge < -0.3 is 9.88 Å². The molecule has 0 radical (unpaired) electrons. The van der Waals surface area contributed by atoms with Crippen LogP contribution in [0.1, 0.15) is 35.8 Å². The second-order valence-corrected chi connectivity index (χ2v) is 5.10. The highest BCUT2D eigenvalue weighted by Crippen LogP contribution is 2.28. The van der Waals surface area contributed by atoms with Crippen LogP contribution >= 0.6 is 0 Å². The summed E-state index contributed by atoms with van der Waals surface area (Å²) in [6.45, 7) is 4.90. The predicted octanol–water partition coefficient (Wildman–Crippen LogP) is 3.10. The molecule has 18 heavy (non-hydrogen) atoms. The van der Waals surface area contributed by atoms with Crippen LogP contribution in [0.5, 0.6) is 0 Å². The van der Waals surface area contributed by atoms with E-state index in [-0.39, 0.29) is 5.91 Å². The number of nitrogens with one attached hydrogen (secondary N) is 1. The Morgan fingerprint density at radius 3 is 2.83 bits per heavy atom. The molecule has 1 aliphatic carbocycles. The maximum absolute atomic E-state index is 12.4. The molecule has 1 aromatic carbocycles. The number of aryl methyl sites for hydroxylation is 1. The van der Waals surface area contributed by atoms with Gasteiger partial charge in [-0.15, -0.1) is 0 Å². The molecule has 94 valence electrons. The van der Waals surface area contributed by atoms with Gasteiger partial charge in [-0.25, -0.2) is 0 Å². The normalized spacial score (nSPS) is 15.0. The molecule has 0 spiro atoms. The predicted molar refractivity (Wildman–Crippen MR) is 72.8 cm³/mol. The standard InChI is InChI=1S/C15H18N2O/c1-3-17(12-5-6-12)15(18)14-9-11-8-10(2)4-7-13(11)16-14/h4,7-9,12,16H,3,5-6H2,1-2H3. The minimum Gasteiger partial charge on any atom is -0.351 e. The van der Waals surface area contributed by atoms with E-state index in [1.165, 1.54) is 5.56 Å². The Bertz CT molecular complexity index is 596. The molecule has 0 bridgehead atoms. The van der Waals surface area contributed by atoms with Gasteiger partial charge in [0.1, 0.15) is 5.69 Å². The third-order valence-corrected chi connectivity index (χ3v) is 3.60. The number of H-pyrrole nitrogens is 1. The van der Waals surface area contributed by atoms with Gasteiger partial charge in [0.15, 0.2) is 0 Å². The van der Waals surface area contributed by atoms with E-state index < -0.39 is 0 Å². The number of benzene rings is 1. The van der Waals surface area contributed by atoms with Gasteiger partial charge in [-0.1, -0.05) is 11.6 Å². The van der Waals surface area contributed by atoms with Crippen molar-refractivity contribution in [3.63, 3.8) is 0 Å². The summed E-state index contributed by atoms with van der Waals surface area (Å²) in [5.41, 5.74) is 2.97. The summed E-state index contributed by atoms with van der Waals surface area (Å²) in [5.74, 6) is 0.133. The molecule has 0 unspecified atom stereocenters. The summed E-state index contributed by atoms with van der Waals surface area (Å²) in [7, 11) is 0. The van der Waals surface area contributed by atoms with Crippen LogP contribution in [0.4, 0.5) is 0 Å². The van der Waals surface area contributed by atoms with E-state index in [4.69, 9.17) is 0 Å². The second-order valence-electron chi connectivity index (χ2n) is 5.10. The Morgan fingerprint density at radius 2 is 2.17 bits per heavy atom. The zero-order valence-corrected chi connectivity index (χ0v) is 10.9. The Morgan fingerprint density at radius 1 is 1.39 bits per heavy atom. The van der Waals surface area contributed by atoms with Gasteiger partial charge in [0.05, 0.1) is 0 Å². The lowest BCUT2D eigenvalue weighted by Gasteiger charge is -2.19. The molecule has 1 aromatic heterocycles. The SMILES string of the molecule is CCN(C(=O)c1cc2cc(C)ccc2[nH]1)C1CC1. The number of fused-ring (bicyclic) bond motifs is 1. The van der Waals surface area contributed by atoms with Crippen molar-refractivity contribution in [2.24, 2.45) is 0 Å². The van der Waals surface area contributed by atoms with E-state index in [1.807, 2.05) is 24.0 Å². The third-order valence-electron chi connectivity index (χ3n) is 3.60. The van der Waals surface area contributed by atoms with Gasteiger partial charge in [0.25, 0.3) is 5.91 Å². The number of hydrogen-bond acceptors (Lipinski definition) is 1. The molecule has 1 fully saturated rings. The second kappa shape index (κ2) is 4.16. The van der Waals surface area contributed by atoms with Crippen molar-refractivity contribution in [2.75, 3.05) is 6.54 Å². The fraction of sp³-hybridized carbons (Fsp3) is 0.400. The van der Waals surface area contributed by atoms with E-state index in [2.05, 4.69) is 24.0 Å². The van der Waals surface area contributed by atoms with Gasteiger partial charge in [-0.2, -0.15) is 0 Å². The first-order chi connectivity index (χ1) is 8.69. The molecule has 3 nitrogen and oxygen atoms in total. The quantitative estimate of drug-likeness (QED) is 0.882. The molecule has 0 atom stereocenters. The first kappa shape index (κ1) is 11.3. The summed E-state index contributed by atoms with van der Waals surface area (Å²) < 4.78 is 0. The molecule has 0 saturated heterocycles. The van der Waals surface area contributed by atoms with E-state index >= 15 is 0 Å². The molecule has 1 heterocycles. The zero-order chi connectivity index (χ0) is 12.7. The van der Waals surface area contributed by atoms with Crippen molar-refractivity contribution in [2.45, 2.75) is 32.7 Å². The average Bonchev–Trinajstić information content (AvgIpc) is 3.08. The van der Waals surface area contributed by atoms with Crippen LogP contribution in [-0.2, 0) is 0 Å². The first-order valence-electron chi connectivity index (χ1n) is 6.59. The van der Waals surface area contributed by atoms with Gasteiger partial charge in [0.2, 0.25) is 0 Å². The maximum atomic E-state index is 12.4. The van der Waals surface area contributed by atoms with Gasteiger partial charge >= 0.3 is 0 Å². The monoisotopic (exact) mass is 242 g/mol. The fourth-order valence-electron chi connectivity index (χ4n) is 2.48. The molecule has 1 amide bonds. The number of aromatic nitrogens is 1. The number of rotatable bonds is 3. The molecular formula is C15H18N2O. The Kier molecular flexibility index (Phi) is 2.62. The van der Waals surface area contributed by atoms with E-state index in [0.29, 0.717) is 11.7 Å². The molecule has 3 heteroatoms. The molecule has 3 rings (SSSR count). The number of carbonyl (C=O) groups is 1. The van der Waals surface area contributed by atoms with Crippen molar-refractivity contribution < 1.29 is 4.79 Å². The molecule has 0 aliphatic heterocycles. The summed E-state index contributed by atoms with van der Waals surface area (Å²) in [6.07, 6.45) is 2.30. The number of nitrogens with zero attached hydrogens (tertiary/aromatic N) is 1. The fourth-order valence-corrected chi connectivity index (χ4v) is 2.48. The summed E-state index contributed by atoms with van der Waals surface area (Å²) >= 11 is 0. The highest BCUT2D eigenvalue weighted by atomic mass is 16.2. The summed E-state index contributed by atoms with van der Waals surface area (Å²) in [5, 5.41) is 1.12. The number of amides is 1. The number of hydrogen-bond donors (Lipinski definition) is 1. The van der Waals surface area contributed by atoms with Crippen LogP contribution in [0.15, 0.2) is 24.3 Å². The molecular weight excluding hydrogens is 224 g/mol. The Labute approximate surface area is 107 Å². The van der Waals surface area contributed by atoms with Crippen molar-refractivity contribution in [3.8, 4) is 0 Å². The minimum absolute atomic E-state index is 0.133. The van der Waals surface area contributed by atoms with Gasteiger partial charge in [-0.05, 0) is 44.9 Å². The summed E-state index contributed by atoms with van der Waals surface area (Å²) in [6, 6.07) is 8.64. The first-order valence-corrected chi connectivity index (χ1v) is 6.59. The van der Waals surface area contributed by atoms with Crippen molar-refractivity contribution in [1.29, 1.82) is 0 Å². The molecule has 1 saturated carbocycles. The smallest absolute Gasteiger partial charge is 0.270 e. The maximum Gasteiger partial charge on any atom is 0.270 e. The lowest BCUT2D eigenvalue weighted by Crippen LogP contribution is -2.32.